The molecule has 22 heavy (non-hydrogen) atoms. The number of pyridine rings is 1. The van der Waals surface area contributed by atoms with E-state index >= 15 is 0 Å². The summed E-state index contributed by atoms with van der Waals surface area (Å²) in [5, 5.41) is 14.7. The maximum absolute atomic E-state index is 12.1. The molecule has 1 atom stereocenters. The number of aryl methyl sites for hydroxylation is 1. The number of hydrogen-bond donors (Lipinski definition) is 3. The fourth-order valence-corrected chi connectivity index (χ4v) is 2.16. The number of urea groups is 1. The van der Waals surface area contributed by atoms with Crippen molar-refractivity contribution in [1.29, 1.82) is 0 Å². The number of aromatic nitrogens is 1. The number of carbonyl (C=O) groups is 1. The number of aliphatic hydroxyl groups is 1. The molecule has 1 heterocycles. The molecule has 0 radical (unpaired) electrons. The smallest absolute Gasteiger partial charge is 0.320 e. The van der Waals surface area contributed by atoms with Crippen LogP contribution in [0, 0.1) is 6.92 Å². The first-order valence-electron chi connectivity index (χ1n) is 7.35. The summed E-state index contributed by atoms with van der Waals surface area (Å²) in [6, 6.07) is 12.9. The van der Waals surface area contributed by atoms with E-state index in [-0.39, 0.29) is 18.7 Å². The molecule has 0 unspecified atom stereocenters. The Morgan fingerprint density at radius 3 is 2.64 bits per heavy atom. The van der Waals surface area contributed by atoms with Crippen LogP contribution < -0.4 is 10.6 Å². The molecule has 2 amide bonds. The minimum Gasteiger partial charge on any atom is -0.396 e. The zero-order valence-electron chi connectivity index (χ0n) is 12.6. The normalized spacial score (nSPS) is 11.7. The summed E-state index contributed by atoms with van der Waals surface area (Å²) in [6.45, 7) is 2.04. The van der Waals surface area contributed by atoms with Gasteiger partial charge in [-0.05, 0) is 37.0 Å². The van der Waals surface area contributed by atoms with Crippen molar-refractivity contribution < 1.29 is 9.90 Å². The fraction of sp³-hybridized carbons (Fsp3) is 0.294. The van der Waals surface area contributed by atoms with Gasteiger partial charge in [0, 0.05) is 12.8 Å². The molecule has 5 heteroatoms. The van der Waals surface area contributed by atoms with E-state index in [2.05, 4.69) is 15.6 Å². The molecule has 0 aliphatic heterocycles. The molecule has 5 nitrogen and oxygen atoms in total. The van der Waals surface area contributed by atoms with Gasteiger partial charge >= 0.3 is 6.03 Å². The topological polar surface area (TPSA) is 74.2 Å². The van der Waals surface area contributed by atoms with E-state index < -0.39 is 0 Å². The highest BCUT2D eigenvalue weighted by Crippen LogP contribution is 2.18. The summed E-state index contributed by atoms with van der Waals surface area (Å²) in [4.78, 5) is 16.3. The van der Waals surface area contributed by atoms with Crippen LogP contribution in [-0.4, -0.2) is 22.7 Å². The Labute approximate surface area is 130 Å². The lowest BCUT2D eigenvalue weighted by Gasteiger charge is -2.19. The van der Waals surface area contributed by atoms with Crippen molar-refractivity contribution in [2.45, 2.75) is 25.8 Å². The van der Waals surface area contributed by atoms with Gasteiger partial charge in [0.05, 0.1) is 6.04 Å². The number of amides is 2. The van der Waals surface area contributed by atoms with Crippen LogP contribution in [-0.2, 0) is 0 Å². The van der Waals surface area contributed by atoms with Gasteiger partial charge in [0.25, 0.3) is 0 Å². The summed E-state index contributed by atoms with van der Waals surface area (Å²) in [5.74, 6) is 0.511. The van der Waals surface area contributed by atoms with Gasteiger partial charge in [0.2, 0.25) is 0 Å². The van der Waals surface area contributed by atoms with E-state index in [9.17, 15) is 4.79 Å². The van der Waals surface area contributed by atoms with Crippen molar-refractivity contribution in [2.24, 2.45) is 0 Å². The Morgan fingerprint density at radius 1 is 1.23 bits per heavy atom. The second-order valence-electron chi connectivity index (χ2n) is 5.15. The Kier molecular flexibility index (Phi) is 5.91. The lowest BCUT2D eigenvalue weighted by atomic mass is 10.0. The first kappa shape index (κ1) is 16.0. The van der Waals surface area contributed by atoms with Gasteiger partial charge in [0.1, 0.15) is 5.82 Å². The van der Waals surface area contributed by atoms with Crippen molar-refractivity contribution in [3.63, 3.8) is 0 Å². The molecule has 0 saturated carbocycles. The van der Waals surface area contributed by atoms with Crippen molar-refractivity contribution >= 4 is 11.8 Å². The molecule has 0 aliphatic carbocycles. The van der Waals surface area contributed by atoms with Crippen LogP contribution in [0.15, 0.2) is 48.7 Å². The number of benzene rings is 1. The van der Waals surface area contributed by atoms with Crippen molar-refractivity contribution in [1.82, 2.24) is 10.3 Å². The number of aliphatic hydroxyl groups excluding tert-OH is 1. The Bertz CT molecular complexity index is 585. The van der Waals surface area contributed by atoms with Crippen LogP contribution >= 0.6 is 0 Å². The lowest BCUT2D eigenvalue weighted by molar-refractivity contribution is 0.243. The minimum absolute atomic E-state index is 0.103. The first-order valence-corrected chi connectivity index (χ1v) is 7.35. The Hall–Kier alpha value is -2.40. The predicted octanol–water partition coefficient (Wildman–Crippen LogP) is 3.03. The molecular weight excluding hydrogens is 278 g/mol. The fourth-order valence-electron chi connectivity index (χ4n) is 2.16. The van der Waals surface area contributed by atoms with Crippen LogP contribution in [0.5, 0.6) is 0 Å². The molecule has 0 bridgehead atoms. The van der Waals surface area contributed by atoms with Crippen LogP contribution in [0.1, 0.15) is 30.0 Å². The molecule has 116 valence electrons. The van der Waals surface area contributed by atoms with Crippen molar-refractivity contribution in [3.8, 4) is 0 Å². The van der Waals surface area contributed by atoms with E-state index in [1.165, 1.54) is 0 Å². The molecule has 0 saturated heterocycles. The van der Waals surface area contributed by atoms with Gasteiger partial charge in [0.15, 0.2) is 0 Å². The number of rotatable bonds is 6. The zero-order chi connectivity index (χ0) is 15.8. The lowest BCUT2D eigenvalue weighted by Crippen LogP contribution is -2.33. The summed E-state index contributed by atoms with van der Waals surface area (Å²) >= 11 is 0. The first-order chi connectivity index (χ1) is 10.7. The second kappa shape index (κ2) is 8.14. The molecule has 2 rings (SSSR count). The average Bonchev–Trinajstić information content (AvgIpc) is 2.54. The third-order valence-corrected chi connectivity index (χ3v) is 3.31. The van der Waals surface area contributed by atoms with Gasteiger partial charge in [-0.25, -0.2) is 9.78 Å². The molecule has 0 spiro atoms. The molecular formula is C17H21N3O2. The number of nitrogens with zero attached hydrogens (tertiary/aromatic N) is 1. The van der Waals surface area contributed by atoms with Gasteiger partial charge in [-0.15, -0.1) is 0 Å². The highest BCUT2D eigenvalue weighted by atomic mass is 16.3. The van der Waals surface area contributed by atoms with E-state index in [4.69, 9.17) is 5.11 Å². The zero-order valence-corrected chi connectivity index (χ0v) is 12.6. The maximum Gasteiger partial charge on any atom is 0.320 e. The molecule has 1 aromatic carbocycles. The van der Waals surface area contributed by atoms with Gasteiger partial charge in [-0.2, -0.15) is 0 Å². The number of anilines is 1. The highest BCUT2D eigenvalue weighted by molar-refractivity contribution is 5.88. The molecule has 3 N–H and O–H groups in total. The van der Waals surface area contributed by atoms with Gasteiger partial charge < -0.3 is 10.4 Å². The summed E-state index contributed by atoms with van der Waals surface area (Å²) in [7, 11) is 0. The minimum atomic E-state index is -0.303. The van der Waals surface area contributed by atoms with Crippen LogP contribution in [0.25, 0.3) is 0 Å². The van der Waals surface area contributed by atoms with E-state index in [1.807, 2.05) is 43.3 Å². The third-order valence-electron chi connectivity index (χ3n) is 3.31. The van der Waals surface area contributed by atoms with Crippen molar-refractivity contribution in [2.75, 3.05) is 11.9 Å². The third kappa shape index (κ3) is 4.86. The van der Waals surface area contributed by atoms with Gasteiger partial charge in [-0.3, -0.25) is 5.32 Å². The standard InChI is InChI=1S/C17H21N3O2/c1-13-9-10-16(18-12-13)20-17(22)19-15(8-5-11-21)14-6-3-2-4-7-14/h2-4,6-7,9-10,12,15,21H,5,8,11H2,1H3,(H2,18,19,20,22)/t15-/m0/s1. The number of carbonyl (C=O) groups excluding carboxylic acids is 1. The van der Waals surface area contributed by atoms with E-state index in [1.54, 1.807) is 12.3 Å². The molecule has 1 aromatic heterocycles. The van der Waals surface area contributed by atoms with Crippen LogP contribution in [0.2, 0.25) is 0 Å². The second-order valence-corrected chi connectivity index (χ2v) is 5.15. The summed E-state index contributed by atoms with van der Waals surface area (Å²) in [6.07, 6.45) is 3.01. The van der Waals surface area contributed by atoms with E-state index in [0.29, 0.717) is 18.7 Å². The average molecular weight is 299 g/mol. The van der Waals surface area contributed by atoms with E-state index in [0.717, 1.165) is 11.1 Å². The van der Waals surface area contributed by atoms with Crippen LogP contribution in [0.4, 0.5) is 10.6 Å². The molecule has 0 fully saturated rings. The molecule has 2 aromatic rings. The number of nitrogens with one attached hydrogen (secondary N) is 2. The number of hydrogen-bond acceptors (Lipinski definition) is 3. The maximum atomic E-state index is 12.1. The highest BCUT2D eigenvalue weighted by Gasteiger charge is 2.14. The SMILES string of the molecule is Cc1ccc(NC(=O)N[C@@H](CCCO)c2ccccc2)nc1. The van der Waals surface area contributed by atoms with Gasteiger partial charge in [-0.1, -0.05) is 36.4 Å². The van der Waals surface area contributed by atoms with Crippen LogP contribution in [0.3, 0.4) is 0 Å². The Morgan fingerprint density at radius 2 is 2.00 bits per heavy atom. The van der Waals surface area contributed by atoms with Crippen molar-refractivity contribution in [3.05, 3.63) is 59.8 Å². The monoisotopic (exact) mass is 299 g/mol. The largest absolute Gasteiger partial charge is 0.396 e. The predicted molar refractivity (Wildman–Crippen MR) is 86.6 cm³/mol. The quantitative estimate of drug-likeness (QED) is 0.767. The molecule has 0 aliphatic rings. The summed E-state index contributed by atoms with van der Waals surface area (Å²) < 4.78 is 0. The summed E-state index contributed by atoms with van der Waals surface area (Å²) in [5.41, 5.74) is 2.05. The Balaban J connectivity index is 2.00.